The van der Waals surface area contributed by atoms with Gasteiger partial charge in [-0.05, 0) is 56.2 Å². The molecule has 1 fully saturated rings. The van der Waals surface area contributed by atoms with Gasteiger partial charge in [-0.15, -0.1) is 0 Å². The van der Waals surface area contributed by atoms with Gasteiger partial charge in [-0.25, -0.2) is 9.97 Å². The number of nitrogens with zero attached hydrogens (tertiary/aromatic N) is 3. The first kappa shape index (κ1) is 18.0. The summed E-state index contributed by atoms with van der Waals surface area (Å²) in [6.45, 7) is 4.02. The number of para-hydroxylation sites is 1. The molecule has 1 amide bonds. The predicted octanol–water partition coefficient (Wildman–Crippen LogP) is 4.38. The van der Waals surface area contributed by atoms with Crippen molar-refractivity contribution in [3.05, 3.63) is 72.2 Å². The molecule has 1 saturated heterocycles. The Bertz CT molecular complexity index is 950. The van der Waals surface area contributed by atoms with E-state index in [1.807, 2.05) is 42.5 Å². The van der Waals surface area contributed by atoms with Crippen molar-refractivity contribution in [1.29, 1.82) is 0 Å². The highest BCUT2D eigenvalue weighted by atomic mass is 16.1. The van der Waals surface area contributed by atoms with Crippen molar-refractivity contribution in [3.63, 3.8) is 0 Å². The molecule has 0 bridgehead atoms. The van der Waals surface area contributed by atoms with Crippen LogP contribution in [0.15, 0.2) is 60.7 Å². The first-order valence-electron chi connectivity index (χ1n) is 9.51. The second kappa shape index (κ2) is 8.08. The Morgan fingerprint density at radius 2 is 1.64 bits per heavy atom. The van der Waals surface area contributed by atoms with E-state index in [0.29, 0.717) is 17.3 Å². The van der Waals surface area contributed by atoms with E-state index in [4.69, 9.17) is 0 Å². The van der Waals surface area contributed by atoms with Gasteiger partial charge in [-0.1, -0.05) is 18.2 Å². The average molecular weight is 373 g/mol. The molecule has 2 aromatic carbocycles. The zero-order valence-corrected chi connectivity index (χ0v) is 15.9. The summed E-state index contributed by atoms with van der Waals surface area (Å²) in [4.78, 5) is 23.6. The molecule has 1 aliphatic heterocycles. The standard InChI is InChI=1S/C22H23N5O/c1-16-23-20(22(28)26-17-7-3-2-4-8-17)15-21(24-16)25-18-9-11-19(12-10-18)27-13-5-6-14-27/h2-4,7-12,15H,5-6,13-14H2,1H3,(H,26,28)(H,23,24,25). The summed E-state index contributed by atoms with van der Waals surface area (Å²) >= 11 is 0. The van der Waals surface area contributed by atoms with E-state index < -0.39 is 0 Å². The minimum absolute atomic E-state index is 0.260. The Kier molecular flexibility index (Phi) is 5.19. The molecule has 4 rings (SSSR count). The molecule has 3 aromatic rings. The van der Waals surface area contributed by atoms with E-state index in [-0.39, 0.29) is 5.91 Å². The first-order chi connectivity index (χ1) is 13.7. The molecular formula is C22H23N5O. The van der Waals surface area contributed by atoms with Crippen LogP contribution in [-0.2, 0) is 0 Å². The second-order valence-electron chi connectivity index (χ2n) is 6.87. The van der Waals surface area contributed by atoms with Gasteiger partial charge in [0.15, 0.2) is 0 Å². The van der Waals surface area contributed by atoms with E-state index in [9.17, 15) is 4.79 Å². The fourth-order valence-corrected chi connectivity index (χ4v) is 3.34. The molecule has 28 heavy (non-hydrogen) atoms. The van der Waals surface area contributed by atoms with Gasteiger partial charge in [-0.2, -0.15) is 0 Å². The van der Waals surface area contributed by atoms with E-state index in [1.54, 1.807) is 13.0 Å². The van der Waals surface area contributed by atoms with Gasteiger partial charge in [0.1, 0.15) is 17.3 Å². The number of rotatable bonds is 5. The molecule has 0 spiro atoms. The Balaban J connectivity index is 1.48. The SMILES string of the molecule is Cc1nc(Nc2ccc(N3CCCC3)cc2)cc(C(=O)Nc2ccccc2)n1. The van der Waals surface area contributed by atoms with Crippen LogP contribution in [0, 0.1) is 6.92 Å². The summed E-state index contributed by atoms with van der Waals surface area (Å²) in [5.41, 5.74) is 3.23. The number of carbonyl (C=O) groups is 1. The van der Waals surface area contributed by atoms with Crippen LogP contribution in [0.25, 0.3) is 0 Å². The van der Waals surface area contributed by atoms with Crippen molar-refractivity contribution in [2.45, 2.75) is 19.8 Å². The summed E-state index contributed by atoms with van der Waals surface area (Å²) < 4.78 is 0. The number of aromatic nitrogens is 2. The third-order valence-electron chi connectivity index (χ3n) is 4.71. The highest BCUT2D eigenvalue weighted by Gasteiger charge is 2.13. The highest BCUT2D eigenvalue weighted by molar-refractivity contribution is 6.03. The lowest BCUT2D eigenvalue weighted by molar-refractivity contribution is 0.102. The van der Waals surface area contributed by atoms with Crippen LogP contribution in [0.3, 0.4) is 0 Å². The van der Waals surface area contributed by atoms with Crippen LogP contribution in [0.1, 0.15) is 29.2 Å². The molecule has 0 aliphatic carbocycles. The van der Waals surface area contributed by atoms with Gasteiger partial charge in [0.2, 0.25) is 0 Å². The van der Waals surface area contributed by atoms with Crippen molar-refractivity contribution in [3.8, 4) is 0 Å². The van der Waals surface area contributed by atoms with E-state index in [1.165, 1.54) is 18.5 Å². The van der Waals surface area contributed by atoms with E-state index >= 15 is 0 Å². The Hall–Kier alpha value is -3.41. The molecule has 2 heterocycles. The zero-order valence-electron chi connectivity index (χ0n) is 15.9. The molecule has 1 aromatic heterocycles. The van der Waals surface area contributed by atoms with Crippen molar-refractivity contribution < 1.29 is 4.79 Å². The average Bonchev–Trinajstić information content (AvgIpc) is 3.24. The Morgan fingerprint density at radius 3 is 2.36 bits per heavy atom. The Morgan fingerprint density at radius 1 is 0.929 bits per heavy atom. The van der Waals surface area contributed by atoms with Crippen molar-refractivity contribution in [2.24, 2.45) is 0 Å². The van der Waals surface area contributed by atoms with E-state index in [2.05, 4.69) is 37.6 Å². The molecule has 142 valence electrons. The van der Waals surface area contributed by atoms with Crippen LogP contribution in [0.4, 0.5) is 22.9 Å². The van der Waals surface area contributed by atoms with Gasteiger partial charge in [0.05, 0.1) is 0 Å². The van der Waals surface area contributed by atoms with Crippen molar-refractivity contribution >= 4 is 28.8 Å². The van der Waals surface area contributed by atoms with Crippen LogP contribution in [0.5, 0.6) is 0 Å². The predicted molar refractivity (Wildman–Crippen MR) is 112 cm³/mol. The van der Waals surface area contributed by atoms with Crippen LogP contribution in [-0.4, -0.2) is 29.0 Å². The van der Waals surface area contributed by atoms with Crippen molar-refractivity contribution in [2.75, 3.05) is 28.6 Å². The summed E-state index contributed by atoms with van der Waals surface area (Å²) in [7, 11) is 0. The van der Waals surface area contributed by atoms with Gasteiger partial charge in [0, 0.05) is 36.2 Å². The summed E-state index contributed by atoms with van der Waals surface area (Å²) in [6.07, 6.45) is 2.52. The van der Waals surface area contributed by atoms with Gasteiger partial charge < -0.3 is 15.5 Å². The molecule has 2 N–H and O–H groups in total. The highest BCUT2D eigenvalue weighted by Crippen LogP contribution is 2.23. The first-order valence-corrected chi connectivity index (χ1v) is 9.51. The van der Waals surface area contributed by atoms with Crippen LogP contribution in [0.2, 0.25) is 0 Å². The maximum atomic E-state index is 12.5. The fraction of sp³-hybridized carbons (Fsp3) is 0.227. The number of amides is 1. The topological polar surface area (TPSA) is 70.2 Å². The number of hydrogen-bond donors (Lipinski definition) is 2. The molecule has 0 radical (unpaired) electrons. The number of hydrogen-bond acceptors (Lipinski definition) is 5. The zero-order chi connectivity index (χ0) is 19.3. The number of anilines is 4. The van der Waals surface area contributed by atoms with E-state index in [0.717, 1.165) is 24.5 Å². The number of aryl methyl sites for hydroxylation is 1. The number of benzene rings is 2. The number of carbonyl (C=O) groups excluding carboxylic acids is 1. The lowest BCUT2D eigenvalue weighted by Crippen LogP contribution is -2.17. The monoisotopic (exact) mass is 373 g/mol. The lowest BCUT2D eigenvalue weighted by Gasteiger charge is -2.18. The largest absolute Gasteiger partial charge is 0.372 e. The van der Waals surface area contributed by atoms with Gasteiger partial charge >= 0.3 is 0 Å². The Labute approximate surface area is 164 Å². The molecule has 6 nitrogen and oxygen atoms in total. The van der Waals surface area contributed by atoms with Gasteiger partial charge in [-0.3, -0.25) is 4.79 Å². The maximum absolute atomic E-state index is 12.5. The summed E-state index contributed by atoms with van der Waals surface area (Å²) in [5, 5.41) is 6.12. The summed E-state index contributed by atoms with van der Waals surface area (Å²) in [6, 6.07) is 19.3. The fourth-order valence-electron chi connectivity index (χ4n) is 3.34. The molecule has 0 atom stereocenters. The second-order valence-corrected chi connectivity index (χ2v) is 6.87. The maximum Gasteiger partial charge on any atom is 0.274 e. The quantitative estimate of drug-likeness (QED) is 0.694. The minimum Gasteiger partial charge on any atom is -0.372 e. The number of nitrogens with one attached hydrogen (secondary N) is 2. The smallest absolute Gasteiger partial charge is 0.274 e. The van der Waals surface area contributed by atoms with Gasteiger partial charge in [0.25, 0.3) is 5.91 Å². The molecule has 0 saturated carbocycles. The van der Waals surface area contributed by atoms with Crippen LogP contribution < -0.4 is 15.5 Å². The van der Waals surface area contributed by atoms with Crippen LogP contribution >= 0.6 is 0 Å². The summed E-state index contributed by atoms with van der Waals surface area (Å²) in [5.74, 6) is 0.876. The molecule has 0 unspecified atom stereocenters. The normalized spacial score (nSPS) is 13.4. The third kappa shape index (κ3) is 4.28. The minimum atomic E-state index is -0.260. The third-order valence-corrected chi connectivity index (χ3v) is 4.71. The van der Waals surface area contributed by atoms with Crippen molar-refractivity contribution in [1.82, 2.24) is 9.97 Å². The lowest BCUT2D eigenvalue weighted by atomic mass is 10.2. The molecule has 6 heteroatoms. The molecule has 1 aliphatic rings. The molecular weight excluding hydrogens is 350 g/mol.